The van der Waals surface area contributed by atoms with Crippen molar-refractivity contribution in [2.24, 2.45) is 5.92 Å². The molecule has 1 aromatic carbocycles. The first-order valence-corrected chi connectivity index (χ1v) is 10.5. The fourth-order valence-electron chi connectivity index (χ4n) is 3.67. The zero-order valence-corrected chi connectivity index (χ0v) is 18.8. The standard InChI is InChI=1S/C23H36N2O4/c1-17-12-18(2)14-20(13-17)28-11-9-21(26)25-10-7-8-19(16-25)15-24(6)22(27)29-23(3,4)5/h12-14,19H,7-11,15-16H2,1-6H3. The van der Waals surface area contributed by atoms with E-state index < -0.39 is 5.60 Å². The van der Waals surface area contributed by atoms with Crippen molar-refractivity contribution in [3.63, 3.8) is 0 Å². The van der Waals surface area contributed by atoms with Crippen LogP contribution in [0.2, 0.25) is 0 Å². The fourth-order valence-corrected chi connectivity index (χ4v) is 3.67. The molecule has 0 saturated carbocycles. The van der Waals surface area contributed by atoms with Crippen LogP contribution in [0.4, 0.5) is 4.79 Å². The number of amides is 2. The lowest BCUT2D eigenvalue weighted by Gasteiger charge is -2.35. The summed E-state index contributed by atoms with van der Waals surface area (Å²) < 4.78 is 11.2. The molecule has 1 fully saturated rings. The molecule has 0 bridgehead atoms. The average Bonchev–Trinajstić information content (AvgIpc) is 2.59. The van der Waals surface area contributed by atoms with Gasteiger partial charge in [0.1, 0.15) is 11.4 Å². The van der Waals surface area contributed by atoms with Crippen molar-refractivity contribution in [1.82, 2.24) is 9.80 Å². The van der Waals surface area contributed by atoms with Crippen molar-refractivity contribution in [3.8, 4) is 5.75 Å². The van der Waals surface area contributed by atoms with Crippen LogP contribution in [-0.2, 0) is 9.53 Å². The first-order valence-electron chi connectivity index (χ1n) is 10.5. The number of hydrogen-bond donors (Lipinski definition) is 0. The number of hydrogen-bond acceptors (Lipinski definition) is 4. The summed E-state index contributed by atoms with van der Waals surface area (Å²) in [6.45, 7) is 12.1. The number of piperidine rings is 1. The van der Waals surface area contributed by atoms with Crippen LogP contribution in [0.5, 0.6) is 5.75 Å². The van der Waals surface area contributed by atoms with Crippen LogP contribution in [0.15, 0.2) is 18.2 Å². The lowest BCUT2D eigenvalue weighted by Crippen LogP contribution is -2.45. The molecule has 1 unspecified atom stereocenters. The van der Waals surface area contributed by atoms with E-state index >= 15 is 0 Å². The topological polar surface area (TPSA) is 59.1 Å². The number of rotatable bonds is 6. The Kier molecular flexibility index (Phi) is 7.94. The van der Waals surface area contributed by atoms with E-state index in [9.17, 15) is 9.59 Å². The van der Waals surface area contributed by atoms with Crippen LogP contribution in [0.1, 0.15) is 51.2 Å². The Hall–Kier alpha value is -2.24. The Morgan fingerprint density at radius 2 is 1.83 bits per heavy atom. The van der Waals surface area contributed by atoms with Crippen LogP contribution >= 0.6 is 0 Å². The summed E-state index contributed by atoms with van der Waals surface area (Å²) in [5.41, 5.74) is 1.80. The van der Waals surface area contributed by atoms with Crippen LogP contribution in [-0.4, -0.2) is 60.7 Å². The molecular weight excluding hydrogens is 368 g/mol. The Labute approximate surface area is 175 Å². The van der Waals surface area contributed by atoms with Crippen molar-refractivity contribution in [3.05, 3.63) is 29.3 Å². The van der Waals surface area contributed by atoms with Crippen molar-refractivity contribution >= 4 is 12.0 Å². The van der Waals surface area contributed by atoms with Gasteiger partial charge in [-0.2, -0.15) is 0 Å². The maximum atomic E-state index is 12.6. The monoisotopic (exact) mass is 404 g/mol. The van der Waals surface area contributed by atoms with Gasteiger partial charge in [-0.1, -0.05) is 6.07 Å². The van der Waals surface area contributed by atoms with Gasteiger partial charge in [0, 0.05) is 26.7 Å². The van der Waals surface area contributed by atoms with Gasteiger partial charge >= 0.3 is 6.09 Å². The van der Waals surface area contributed by atoms with Crippen LogP contribution in [0, 0.1) is 19.8 Å². The molecule has 6 nitrogen and oxygen atoms in total. The summed E-state index contributed by atoms with van der Waals surface area (Å²) in [6, 6.07) is 6.07. The maximum Gasteiger partial charge on any atom is 0.410 e. The number of likely N-dealkylation sites (tertiary alicyclic amines) is 1. The molecule has 0 radical (unpaired) electrons. The number of aryl methyl sites for hydroxylation is 2. The molecule has 0 spiro atoms. The van der Waals surface area contributed by atoms with Gasteiger partial charge in [0.2, 0.25) is 5.91 Å². The first-order chi connectivity index (χ1) is 13.5. The second-order valence-electron chi connectivity index (χ2n) is 9.13. The van der Waals surface area contributed by atoms with Crippen LogP contribution in [0.3, 0.4) is 0 Å². The molecule has 162 valence electrons. The molecule has 6 heteroatoms. The highest BCUT2D eigenvalue weighted by atomic mass is 16.6. The molecule has 1 atom stereocenters. The molecule has 2 amide bonds. The fraction of sp³-hybridized carbons (Fsp3) is 0.652. The van der Waals surface area contributed by atoms with Gasteiger partial charge in [-0.05, 0) is 76.6 Å². The predicted octanol–water partition coefficient (Wildman–Crippen LogP) is 4.18. The van der Waals surface area contributed by atoms with Crippen molar-refractivity contribution in [2.45, 2.75) is 59.5 Å². The van der Waals surface area contributed by atoms with Crippen molar-refractivity contribution in [2.75, 3.05) is 33.3 Å². The van der Waals surface area contributed by atoms with E-state index in [1.807, 2.05) is 51.7 Å². The Morgan fingerprint density at radius 3 is 2.45 bits per heavy atom. The quantitative estimate of drug-likeness (QED) is 0.714. The van der Waals surface area contributed by atoms with Gasteiger partial charge in [-0.3, -0.25) is 4.79 Å². The Morgan fingerprint density at radius 1 is 1.17 bits per heavy atom. The third-order valence-electron chi connectivity index (χ3n) is 4.89. The molecule has 1 heterocycles. The normalized spacial score (nSPS) is 17.0. The summed E-state index contributed by atoms with van der Waals surface area (Å²) in [7, 11) is 1.76. The van der Waals surface area contributed by atoms with Crippen molar-refractivity contribution < 1.29 is 19.1 Å². The van der Waals surface area contributed by atoms with E-state index in [0.29, 0.717) is 26.1 Å². The summed E-state index contributed by atoms with van der Waals surface area (Å²) >= 11 is 0. The zero-order chi connectivity index (χ0) is 21.6. The van der Waals surface area contributed by atoms with Gasteiger partial charge in [0.25, 0.3) is 0 Å². The van der Waals surface area contributed by atoms with Gasteiger partial charge in [-0.15, -0.1) is 0 Å². The molecule has 1 aliphatic rings. The molecule has 0 aliphatic carbocycles. The van der Waals surface area contributed by atoms with E-state index in [0.717, 1.165) is 36.3 Å². The van der Waals surface area contributed by atoms with E-state index in [-0.39, 0.29) is 17.9 Å². The van der Waals surface area contributed by atoms with Crippen LogP contribution < -0.4 is 4.74 Å². The smallest absolute Gasteiger partial charge is 0.410 e. The summed E-state index contributed by atoms with van der Waals surface area (Å²) in [4.78, 5) is 28.3. The summed E-state index contributed by atoms with van der Waals surface area (Å²) in [6.07, 6.45) is 2.01. The molecule has 1 aromatic rings. The van der Waals surface area contributed by atoms with Crippen LogP contribution in [0.25, 0.3) is 0 Å². The predicted molar refractivity (Wildman–Crippen MR) is 114 cm³/mol. The number of benzene rings is 1. The molecule has 1 aliphatic heterocycles. The van der Waals surface area contributed by atoms with Gasteiger partial charge < -0.3 is 19.3 Å². The molecule has 1 saturated heterocycles. The zero-order valence-electron chi connectivity index (χ0n) is 18.8. The molecule has 29 heavy (non-hydrogen) atoms. The molecule has 0 aromatic heterocycles. The second kappa shape index (κ2) is 9.99. The number of ether oxygens (including phenoxy) is 2. The number of nitrogens with zero attached hydrogens (tertiary/aromatic N) is 2. The summed E-state index contributed by atoms with van der Waals surface area (Å²) in [5.74, 6) is 1.19. The minimum Gasteiger partial charge on any atom is -0.493 e. The highest BCUT2D eigenvalue weighted by molar-refractivity contribution is 5.76. The lowest BCUT2D eigenvalue weighted by molar-refractivity contribution is -0.133. The van der Waals surface area contributed by atoms with E-state index in [2.05, 4.69) is 6.07 Å². The van der Waals surface area contributed by atoms with E-state index in [1.54, 1.807) is 11.9 Å². The van der Waals surface area contributed by atoms with E-state index in [4.69, 9.17) is 9.47 Å². The highest BCUT2D eigenvalue weighted by Crippen LogP contribution is 2.20. The van der Waals surface area contributed by atoms with Gasteiger partial charge in [0.15, 0.2) is 0 Å². The van der Waals surface area contributed by atoms with E-state index in [1.165, 1.54) is 0 Å². The second-order valence-corrected chi connectivity index (χ2v) is 9.13. The minimum atomic E-state index is -0.504. The Balaban J connectivity index is 1.78. The molecule has 0 N–H and O–H groups in total. The minimum absolute atomic E-state index is 0.110. The summed E-state index contributed by atoms with van der Waals surface area (Å²) in [5, 5.41) is 0. The number of carbonyl (C=O) groups excluding carboxylic acids is 2. The first kappa shape index (κ1) is 23.0. The SMILES string of the molecule is Cc1cc(C)cc(OCCC(=O)N2CCCC(CN(C)C(=O)OC(C)(C)C)C2)c1. The lowest BCUT2D eigenvalue weighted by atomic mass is 9.97. The average molecular weight is 405 g/mol. The maximum absolute atomic E-state index is 12.6. The number of carbonyl (C=O) groups is 2. The Bertz CT molecular complexity index is 691. The molecule has 2 rings (SSSR count). The van der Waals surface area contributed by atoms with Crippen molar-refractivity contribution in [1.29, 1.82) is 0 Å². The highest BCUT2D eigenvalue weighted by Gasteiger charge is 2.27. The van der Waals surface area contributed by atoms with Gasteiger partial charge in [-0.25, -0.2) is 4.79 Å². The third kappa shape index (κ3) is 7.95. The largest absolute Gasteiger partial charge is 0.493 e. The van der Waals surface area contributed by atoms with Gasteiger partial charge in [0.05, 0.1) is 13.0 Å². The molecular formula is C23H36N2O4. The third-order valence-corrected chi connectivity index (χ3v) is 4.89.